The Balaban J connectivity index is 0.000000404. The Morgan fingerprint density at radius 1 is 1.20 bits per heavy atom. The Morgan fingerprint density at radius 3 is 2.73 bits per heavy atom. The van der Waals surface area contributed by atoms with Gasteiger partial charge in [0.15, 0.2) is 0 Å². The van der Waals surface area contributed by atoms with Gasteiger partial charge >= 0.3 is 0 Å². The number of amides is 1. The third kappa shape index (κ3) is 1.54. The van der Waals surface area contributed by atoms with E-state index in [9.17, 15) is 4.79 Å². The van der Waals surface area contributed by atoms with Gasteiger partial charge < -0.3 is 4.90 Å². The van der Waals surface area contributed by atoms with E-state index in [1.807, 2.05) is 18.7 Å². The van der Waals surface area contributed by atoms with Crippen molar-refractivity contribution >= 4 is 11.6 Å². The highest BCUT2D eigenvalue weighted by atomic mass is 16.2. The van der Waals surface area contributed by atoms with E-state index in [1.165, 1.54) is 16.8 Å². The number of anilines is 1. The van der Waals surface area contributed by atoms with E-state index in [1.54, 1.807) is 0 Å². The van der Waals surface area contributed by atoms with E-state index < -0.39 is 0 Å². The van der Waals surface area contributed by atoms with Crippen LogP contribution in [0.15, 0.2) is 18.2 Å². The molecular formula is C13H17NO. The number of carbonyl (C=O) groups is 1. The van der Waals surface area contributed by atoms with Crippen LogP contribution in [-0.2, 0) is 17.6 Å². The number of nitrogens with zero attached hydrogens (tertiary/aromatic N) is 1. The first-order valence-electron chi connectivity index (χ1n) is 5.77. The maximum Gasteiger partial charge on any atom is 0.231 e. The zero-order valence-electron chi connectivity index (χ0n) is 9.42. The van der Waals surface area contributed by atoms with E-state index in [4.69, 9.17) is 0 Å². The average Bonchev–Trinajstić information content (AvgIpc) is 2.62. The number of rotatable bonds is 0. The second kappa shape index (κ2) is 4.05. The van der Waals surface area contributed by atoms with E-state index in [0.717, 1.165) is 19.4 Å². The monoisotopic (exact) mass is 203 g/mol. The fraction of sp³-hybridized carbons (Fsp3) is 0.462. The molecule has 0 radical (unpaired) electrons. The molecule has 2 nitrogen and oxygen atoms in total. The van der Waals surface area contributed by atoms with Crippen LogP contribution in [-0.4, -0.2) is 12.5 Å². The van der Waals surface area contributed by atoms with Gasteiger partial charge in [0, 0.05) is 6.54 Å². The Bertz CT molecular complexity index is 384. The van der Waals surface area contributed by atoms with Crippen molar-refractivity contribution in [2.24, 2.45) is 0 Å². The minimum Gasteiger partial charge on any atom is -0.312 e. The largest absolute Gasteiger partial charge is 0.312 e. The molecule has 1 amide bonds. The third-order valence-corrected chi connectivity index (χ3v) is 2.94. The fourth-order valence-corrected chi connectivity index (χ4v) is 2.38. The standard InChI is InChI=1S/C11H11NO.C2H6/c13-10-7-9-4-1-3-8-5-2-6-12(10)11(8)9;1-2/h1,3-4H,2,5-7H2;1-2H3. The fourth-order valence-electron chi connectivity index (χ4n) is 2.38. The highest BCUT2D eigenvalue weighted by Crippen LogP contribution is 2.36. The van der Waals surface area contributed by atoms with Crippen molar-refractivity contribution < 1.29 is 4.79 Å². The number of benzene rings is 1. The molecular weight excluding hydrogens is 186 g/mol. The van der Waals surface area contributed by atoms with E-state index in [0.29, 0.717) is 6.42 Å². The minimum atomic E-state index is 0.280. The van der Waals surface area contributed by atoms with Gasteiger partial charge in [-0.15, -0.1) is 0 Å². The molecule has 2 aliphatic heterocycles. The smallest absolute Gasteiger partial charge is 0.231 e. The van der Waals surface area contributed by atoms with Gasteiger partial charge in [-0.3, -0.25) is 4.79 Å². The van der Waals surface area contributed by atoms with Gasteiger partial charge in [0.1, 0.15) is 0 Å². The molecule has 3 rings (SSSR count). The van der Waals surface area contributed by atoms with Crippen LogP contribution >= 0.6 is 0 Å². The van der Waals surface area contributed by atoms with Crippen molar-refractivity contribution in [1.82, 2.24) is 0 Å². The lowest BCUT2D eigenvalue weighted by molar-refractivity contribution is -0.117. The van der Waals surface area contributed by atoms with Gasteiger partial charge in [-0.25, -0.2) is 0 Å². The average molecular weight is 203 g/mol. The Hall–Kier alpha value is -1.31. The summed E-state index contributed by atoms with van der Waals surface area (Å²) in [6.07, 6.45) is 2.86. The molecule has 0 fully saturated rings. The molecule has 0 unspecified atom stereocenters. The molecule has 1 aromatic rings. The third-order valence-electron chi connectivity index (χ3n) is 2.94. The maximum absolute atomic E-state index is 11.6. The second-order valence-electron chi connectivity index (χ2n) is 3.75. The summed E-state index contributed by atoms with van der Waals surface area (Å²) in [5.41, 5.74) is 3.80. The van der Waals surface area contributed by atoms with E-state index in [-0.39, 0.29) is 5.91 Å². The van der Waals surface area contributed by atoms with Crippen LogP contribution in [0.25, 0.3) is 0 Å². The van der Waals surface area contributed by atoms with Crippen molar-refractivity contribution in [2.45, 2.75) is 33.1 Å². The van der Waals surface area contributed by atoms with Crippen LogP contribution in [0.4, 0.5) is 5.69 Å². The van der Waals surface area contributed by atoms with Crippen molar-refractivity contribution in [2.75, 3.05) is 11.4 Å². The molecule has 15 heavy (non-hydrogen) atoms. The molecule has 2 aliphatic rings. The van der Waals surface area contributed by atoms with Crippen LogP contribution < -0.4 is 4.90 Å². The van der Waals surface area contributed by atoms with Gasteiger partial charge in [0.2, 0.25) is 5.91 Å². The Kier molecular flexibility index (Phi) is 2.76. The van der Waals surface area contributed by atoms with Gasteiger partial charge in [-0.2, -0.15) is 0 Å². The maximum atomic E-state index is 11.6. The normalized spacial score (nSPS) is 16.9. The molecule has 0 aliphatic carbocycles. The van der Waals surface area contributed by atoms with E-state index in [2.05, 4.69) is 18.2 Å². The number of para-hydroxylation sites is 1. The summed E-state index contributed by atoms with van der Waals surface area (Å²) in [5, 5.41) is 0. The molecule has 80 valence electrons. The van der Waals surface area contributed by atoms with Crippen molar-refractivity contribution in [3.05, 3.63) is 29.3 Å². The molecule has 1 aromatic carbocycles. The molecule has 0 aromatic heterocycles. The minimum absolute atomic E-state index is 0.280. The van der Waals surface area contributed by atoms with Gasteiger partial charge in [0.25, 0.3) is 0 Å². The molecule has 2 heterocycles. The predicted molar refractivity (Wildman–Crippen MR) is 62.2 cm³/mol. The Labute approximate surface area is 90.9 Å². The molecule has 0 saturated heterocycles. The summed E-state index contributed by atoms with van der Waals surface area (Å²) in [4.78, 5) is 13.5. The lowest BCUT2D eigenvalue weighted by Crippen LogP contribution is -2.31. The molecule has 0 saturated carbocycles. The highest BCUT2D eigenvalue weighted by Gasteiger charge is 2.31. The summed E-state index contributed by atoms with van der Waals surface area (Å²) in [6, 6.07) is 6.28. The van der Waals surface area contributed by atoms with Crippen molar-refractivity contribution in [1.29, 1.82) is 0 Å². The number of carbonyl (C=O) groups excluding carboxylic acids is 1. The molecule has 0 bridgehead atoms. The van der Waals surface area contributed by atoms with Crippen LogP contribution in [0, 0.1) is 0 Å². The van der Waals surface area contributed by atoms with Crippen LogP contribution in [0.3, 0.4) is 0 Å². The number of hydrogen-bond donors (Lipinski definition) is 0. The first kappa shape index (κ1) is 10.2. The summed E-state index contributed by atoms with van der Waals surface area (Å²) >= 11 is 0. The summed E-state index contributed by atoms with van der Waals surface area (Å²) in [5.74, 6) is 0.280. The molecule has 0 N–H and O–H groups in total. The van der Waals surface area contributed by atoms with Crippen molar-refractivity contribution in [3.8, 4) is 0 Å². The first-order chi connectivity index (χ1) is 7.36. The Morgan fingerprint density at radius 2 is 1.93 bits per heavy atom. The van der Waals surface area contributed by atoms with Gasteiger partial charge in [0.05, 0.1) is 12.1 Å². The predicted octanol–water partition coefficient (Wildman–Crippen LogP) is 2.55. The summed E-state index contributed by atoms with van der Waals surface area (Å²) in [7, 11) is 0. The SMILES string of the molecule is CC.O=C1Cc2cccc3c2N1CCC3. The zero-order chi connectivity index (χ0) is 10.8. The quantitative estimate of drug-likeness (QED) is 0.634. The lowest BCUT2D eigenvalue weighted by Gasteiger charge is -2.25. The second-order valence-corrected chi connectivity index (χ2v) is 3.75. The summed E-state index contributed by atoms with van der Waals surface area (Å²) < 4.78 is 0. The van der Waals surface area contributed by atoms with Crippen LogP contribution in [0.5, 0.6) is 0 Å². The highest BCUT2D eigenvalue weighted by molar-refractivity contribution is 6.02. The topological polar surface area (TPSA) is 20.3 Å². The number of hydrogen-bond acceptors (Lipinski definition) is 1. The van der Waals surface area contributed by atoms with Gasteiger partial charge in [-0.1, -0.05) is 32.0 Å². The van der Waals surface area contributed by atoms with Crippen LogP contribution in [0.2, 0.25) is 0 Å². The first-order valence-corrected chi connectivity index (χ1v) is 5.77. The number of aryl methyl sites for hydroxylation is 1. The van der Waals surface area contributed by atoms with Crippen molar-refractivity contribution in [3.63, 3.8) is 0 Å². The summed E-state index contributed by atoms with van der Waals surface area (Å²) in [6.45, 7) is 4.92. The van der Waals surface area contributed by atoms with Crippen LogP contribution in [0.1, 0.15) is 31.4 Å². The molecule has 0 spiro atoms. The molecule has 2 heteroatoms. The molecule has 0 atom stereocenters. The zero-order valence-corrected chi connectivity index (χ0v) is 9.42. The van der Waals surface area contributed by atoms with Gasteiger partial charge in [-0.05, 0) is 24.0 Å². The van der Waals surface area contributed by atoms with E-state index >= 15 is 0 Å². The lowest BCUT2D eigenvalue weighted by atomic mass is 10.0.